The summed E-state index contributed by atoms with van der Waals surface area (Å²) in [4.78, 5) is 11.5. The highest BCUT2D eigenvalue weighted by atomic mass is 19.1. The standard InChI is InChI=1S/C16H23FN2O3/c1-10(22-15(2,3)4)18-8-11-6-12(17)14-16(5,7-11)19-13(20)9-21-14/h6-7,14,18H,1,8-9H2,2-5H3,(H,19,20). The first-order valence-corrected chi connectivity index (χ1v) is 7.22. The Morgan fingerprint density at radius 1 is 1.64 bits per heavy atom. The molecule has 2 atom stereocenters. The van der Waals surface area contributed by atoms with Crippen molar-refractivity contribution in [1.82, 2.24) is 10.6 Å². The zero-order valence-corrected chi connectivity index (χ0v) is 13.5. The van der Waals surface area contributed by atoms with Gasteiger partial charge in [0, 0.05) is 6.54 Å². The SMILES string of the molecule is C=C(NCC1=CC2(C)NC(=O)COC2C(F)=C1)OC(C)(C)C. The van der Waals surface area contributed by atoms with Crippen molar-refractivity contribution < 1.29 is 18.7 Å². The molecule has 5 nitrogen and oxygen atoms in total. The van der Waals surface area contributed by atoms with Crippen molar-refractivity contribution in [1.29, 1.82) is 0 Å². The third-order valence-corrected chi connectivity index (χ3v) is 3.31. The van der Waals surface area contributed by atoms with Gasteiger partial charge in [0.25, 0.3) is 0 Å². The largest absolute Gasteiger partial charge is 0.474 e. The Morgan fingerprint density at radius 3 is 2.95 bits per heavy atom. The van der Waals surface area contributed by atoms with Gasteiger partial charge in [0.05, 0.1) is 5.54 Å². The molecule has 2 unspecified atom stereocenters. The smallest absolute Gasteiger partial charge is 0.246 e. The van der Waals surface area contributed by atoms with E-state index in [1.54, 1.807) is 13.0 Å². The van der Waals surface area contributed by atoms with Crippen LogP contribution < -0.4 is 10.6 Å². The monoisotopic (exact) mass is 310 g/mol. The molecular formula is C16H23FN2O3. The molecule has 1 fully saturated rings. The van der Waals surface area contributed by atoms with Gasteiger partial charge in [-0.2, -0.15) is 0 Å². The van der Waals surface area contributed by atoms with E-state index in [9.17, 15) is 9.18 Å². The molecule has 0 aromatic heterocycles. The first-order valence-electron chi connectivity index (χ1n) is 7.22. The number of rotatable bonds is 4. The molecule has 0 radical (unpaired) electrons. The van der Waals surface area contributed by atoms with Crippen molar-refractivity contribution in [2.45, 2.75) is 44.9 Å². The number of fused-ring (bicyclic) bond motifs is 1. The summed E-state index contributed by atoms with van der Waals surface area (Å²) in [6.07, 6.45) is 2.44. The molecule has 1 saturated heterocycles. The average Bonchev–Trinajstić information content (AvgIpc) is 2.32. The molecular weight excluding hydrogens is 287 g/mol. The summed E-state index contributed by atoms with van der Waals surface area (Å²) in [5, 5.41) is 5.78. The Balaban J connectivity index is 2.04. The number of nitrogens with one attached hydrogen (secondary N) is 2. The number of ether oxygens (including phenoxy) is 2. The fraction of sp³-hybridized carbons (Fsp3) is 0.562. The van der Waals surface area contributed by atoms with Gasteiger partial charge in [-0.15, -0.1) is 0 Å². The summed E-state index contributed by atoms with van der Waals surface area (Å²) in [5.41, 5.74) is -0.535. The maximum atomic E-state index is 14.2. The molecule has 0 spiro atoms. The van der Waals surface area contributed by atoms with Crippen LogP contribution in [0.15, 0.2) is 36.0 Å². The van der Waals surface area contributed by atoms with Crippen LogP contribution in [-0.4, -0.2) is 36.3 Å². The van der Waals surface area contributed by atoms with Crippen LogP contribution in [0.3, 0.4) is 0 Å². The van der Waals surface area contributed by atoms with Gasteiger partial charge in [-0.05, 0) is 45.9 Å². The number of carbonyl (C=O) groups is 1. The van der Waals surface area contributed by atoms with E-state index in [1.165, 1.54) is 6.08 Å². The third kappa shape index (κ3) is 3.88. The Hall–Kier alpha value is -1.82. The van der Waals surface area contributed by atoms with Crippen molar-refractivity contribution >= 4 is 5.91 Å². The van der Waals surface area contributed by atoms with E-state index in [4.69, 9.17) is 9.47 Å². The van der Waals surface area contributed by atoms with E-state index < -0.39 is 17.5 Å². The Labute approximate surface area is 130 Å². The highest BCUT2D eigenvalue weighted by Crippen LogP contribution is 2.32. The summed E-state index contributed by atoms with van der Waals surface area (Å²) in [6.45, 7) is 11.5. The number of halogens is 1. The van der Waals surface area contributed by atoms with Gasteiger partial charge in [-0.1, -0.05) is 6.08 Å². The van der Waals surface area contributed by atoms with E-state index in [2.05, 4.69) is 17.2 Å². The van der Waals surface area contributed by atoms with E-state index in [0.717, 1.165) is 0 Å². The molecule has 1 heterocycles. The van der Waals surface area contributed by atoms with Gasteiger partial charge in [0.2, 0.25) is 5.91 Å². The van der Waals surface area contributed by atoms with Gasteiger partial charge in [-0.3, -0.25) is 4.79 Å². The quantitative estimate of drug-likeness (QED) is 0.779. The Morgan fingerprint density at radius 2 is 2.32 bits per heavy atom. The number of amides is 1. The number of hydrogen-bond acceptors (Lipinski definition) is 4. The van der Waals surface area contributed by atoms with Gasteiger partial charge < -0.3 is 20.1 Å². The zero-order valence-electron chi connectivity index (χ0n) is 13.5. The molecule has 0 aromatic carbocycles. The van der Waals surface area contributed by atoms with Crippen LogP contribution in [0.4, 0.5) is 4.39 Å². The molecule has 2 aliphatic rings. The van der Waals surface area contributed by atoms with Gasteiger partial charge in [0.1, 0.15) is 24.1 Å². The fourth-order valence-electron chi connectivity index (χ4n) is 2.60. The van der Waals surface area contributed by atoms with E-state index in [-0.39, 0.29) is 18.1 Å². The molecule has 1 aliphatic heterocycles. The summed E-state index contributed by atoms with van der Waals surface area (Å²) in [7, 11) is 0. The molecule has 122 valence electrons. The van der Waals surface area contributed by atoms with E-state index in [0.29, 0.717) is 18.0 Å². The van der Waals surface area contributed by atoms with Crippen LogP contribution >= 0.6 is 0 Å². The van der Waals surface area contributed by atoms with Crippen molar-refractivity contribution in [2.75, 3.05) is 13.2 Å². The van der Waals surface area contributed by atoms with Gasteiger partial charge in [-0.25, -0.2) is 4.39 Å². The van der Waals surface area contributed by atoms with E-state index >= 15 is 0 Å². The molecule has 22 heavy (non-hydrogen) atoms. The normalized spacial score (nSPS) is 28.0. The van der Waals surface area contributed by atoms with Crippen molar-refractivity contribution in [2.24, 2.45) is 0 Å². The second-order valence-electron chi connectivity index (χ2n) is 6.76. The minimum atomic E-state index is -0.878. The lowest BCUT2D eigenvalue weighted by Gasteiger charge is -2.41. The molecule has 6 heteroatoms. The van der Waals surface area contributed by atoms with Crippen LogP contribution in [0.5, 0.6) is 0 Å². The molecule has 2 rings (SSSR count). The lowest BCUT2D eigenvalue weighted by molar-refractivity contribution is -0.138. The highest BCUT2D eigenvalue weighted by Gasteiger charge is 2.43. The summed E-state index contributed by atoms with van der Waals surface area (Å²) in [6, 6.07) is 0. The lowest BCUT2D eigenvalue weighted by atomic mass is 9.85. The first kappa shape index (κ1) is 16.5. The van der Waals surface area contributed by atoms with Crippen LogP contribution in [0.25, 0.3) is 0 Å². The van der Waals surface area contributed by atoms with Gasteiger partial charge >= 0.3 is 0 Å². The number of hydrogen-bond donors (Lipinski definition) is 2. The second kappa shape index (κ2) is 5.76. The Bertz CT molecular complexity index is 548. The summed E-state index contributed by atoms with van der Waals surface area (Å²) in [5.74, 6) is -0.236. The second-order valence-corrected chi connectivity index (χ2v) is 6.76. The summed E-state index contributed by atoms with van der Waals surface area (Å²) < 4.78 is 25.0. The highest BCUT2D eigenvalue weighted by molar-refractivity contribution is 5.79. The number of morpholine rings is 1. The van der Waals surface area contributed by atoms with E-state index in [1.807, 2.05) is 20.8 Å². The topological polar surface area (TPSA) is 59.6 Å². The maximum Gasteiger partial charge on any atom is 0.246 e. The minimum Gasteiger partial charge on any atom is -0.474 e. The predicted molar refractivity (Wildman–Crippen MR) is 81.5 cm³/mol. The first-order chi connectivity index (χ1) is 10.1. The number of carbonyl (C=O) groups excluding carboxylic acids is 1. The zero-order chi connectivity index (χ0) is 16.5. The maximum absolute atomic E-state index is 14.2. The van der Waals surface area contributed by atoms with Crippen LogP contribution in [0, 0.1) is 0 Å². The molecule has 1 amide bonds. The van der Waals surface area contributed by atoms with Crippen LogP contribution in [-0.2, 0) is 14.3 Å². The van der Waals surface area contributed by atoms with Crippen molar-refractivity contribution in [3.8, 4) is 0 Å². The average molecular weight is 310 g/mol. The fourth-order valence-corrected chi connectivity index (χ4v) is 2.60. The molecule has 2 N–H and O–H groups in total. The Kier molecular flexibility index (Phi) is 4.33. The van der Waals surface area contributed by atoms with Crippen molar-refractivity contribution in [3.05, 3.63) is 36.0 Å². The van der Waals surface area contributed by atoms with Crippen LogP contribution in [0.1, 0.15) is 27.7 Å². The predicted octanol–water partition coefficient (Wildman–Crippen LogP) is 1.93. The molecule has 0 aromatic rings. The third-order valence-electron chi connectivity index (χ3n) is 3.31. The molecule has 0 bridgehead atoms. The van der Waals surface area contributed by atoms with Crippen LogP contribution in [0.2, 0.25) is 0 Å². The van der Waals surface area contributed by atoms with Gasteiger partial charge in [0.15, 0.2) is 5.88 Å². The van der Waals surface area contributed by atoms with Crippen molar-refractivity contribution in [3.63, 3.8) is 0 Å². The minimum absolute atomic E-state index is 0.126. The molecule has 1 aliphatic carbocycles. The lowest BCUT2D eigenvalue weighted by Crippen LogP contribution is -2.61. The summed E-state index contributed by atoms with van der Waals surface area (Å²) >= 11 is 0. The molecule has 0 saturated carbocycles.